The van der Waals surface area contributed by atoms with Crippen LogP contribution in [-0.2, 0) is 12.0 Å². The van der Waals surface area contributed by atoms with E-state index in [0.29, 0.717) is 6.61 Å². The van der Waals surface area contributed by atoms with E-state index in [2.05, 4.69) is 44.1 Å². The molecule has 0 saturated heterocycles. The third-order valence-corrected chi connectivity index (χ3v) is 2.68. The summed E-state index contributed by atoms with van der Waals surface area (Å²) in [6, 6.07) is 4.20. The van der Waals surface area contributed by atoms with Crippen LogP contribution in [0, 0.1) is 0 Å². The lowest BCUT2D eigenvalue weighted by Gasteiger charge is -2.20. The number of aromatic nitrogens is 1. The van der Waals surface area contributed by atoms with Crippen LogP contribution in [-0.4, -0.2) is 18.1 Å². The van der Waals surface area contributed by atoms with Crippen molar-refractivity contribution >= 4 is 0 Å². The minimum Gasteiger partial charge on any atom is -0.478 e. The fourth-order valence-corrected chi connectivity index (χ4v) is 1.68. The zero-order valence-electron chi connectivity index (χ0n) is 12.3. The van der Waals surface area contributed by atoms with Crippen molar-refractivity contribution < 1.29 is 4.74 Å². The Morgan fingerprint density at radius 1 is 1.22 bits per heavy atom. The molecule has 0 fully saturated rings. The largest absolute Gasteiger partial charge is 0.478 e. The minimum atomic E-state index is 0.0482. The van der Waals surface area contributed by atoms with E-state index in [4.69, 9.17) is 4.74 Å². The van der Waals surface area contributed by atoms with Crippen LogP contribution >= 0.6 is 0 Å². The Balaban J connectivity index is 2.91. The van der Waals surface area contributed by atoms with Gasteiger partial charge in [0.1, 0.15) is 0 Å². The lowest BCUT2D eigenvalue weighted by molar-refractivity contribution is 0.323. The van der Waals surface area contributed by atoms with Crippen molar-refractivity contribution in [3.8, 4) is 5.88 Å². The van der Waals surface area contributed by atoms with Gasteiger partial charge >= 0.3 is 0 Å². The molecule has 3 nitrogen and oxygen atoms in total. The molecular formula is C15H26N2O. The number of hydrogen-bond acceptors (Lipinski definition) is 3. The Bertz CT molecular complexity index is 369. The van der Waals surface area contributed by atoms with Crippen molar-refractivity contribution in [2.45, 2.75) is 53.0 Å². The van der Waals surface area contributed by atoms with Gasteiger partial charge in [-0.05, 0) is 31.5 Å². The molecule has 1 aromatic rings. The van der Waals surface area contributed by atoms with Gasteiger partial charge in [0, 0.05) is 18.0 Å². The maximum absolute atomic E-state index is 5.55. The molecule has 102 valence electrons. The third kappa shape index (κ3) is 4.65. The molecule has 1 aromatic heterocycles. The molecule has 0 atom stereocenters. The smallest absolute Gasteiger partial charge is 0.213 e. The summed E-state index contributed by atoms with van der Waals surface area (Å²) in [4.78, 5) is 4.57. The van der Waals surface area contributed by atoms with Gasteiger partial charge in [-0.2, -0.15) is 0 Å². The maximum Gasteiger partial charge on any atom is 0.213 e. The number of pyridine rings is 1. The highest BCUT2D eigenvalue weighted by Crippen LogP contribution is 2.24. The highest BCUT2D eigenvalue weighted by atomic mass is 16.5. The number of ether oxygens (including phenoxy) is 1. The monoisotopic (exact) mass is 250 g/mol. The van der Waals surface area contributed by atoms with Crippen molar-refractivity contribution in [3.05, 3.63) is 23.4 Å². The Hall–Kier alpha value is -1.09. The van der Waals surface area contributed by atoms with Crippen LogP contribution in [0.4, 0.5) is 0 Å². The van der Waals surface area contributed by atoms with Crippen LogP contribution in [0.3, 0.4) is 0 Å². The molecular weight excluding hydrogens is 224 g/mol. The number of hydrogen-bond donors (Lipinski definition) is 1. The summed E-state index contributed by atoms with van der Waals surface area (Å²) in [6.07, 6.45) is 1.15. The highest BCUT2D eigenvalue weighted by Gasteiger charge is 2.17. The van der Waals surface area contributed by atoms with Crippen molar-refractivity contribution in [2.75, 3.05) is 13.2 Å². The van der Waals surface area contributed by atoms with Crippen LogP contribution in [0.5, 0.6) is 5.88 Å². The van der Waals surface area contributed by atoms with Gasteiger partial charge < -0.3 is 10.1 Å². The minimum absolute atomic E-state index is 0.0482. The molecule has 0 aliphatic carbocycles. The fraction of sp³-hybridized carbons (Fsp3) is 0.667. The topological polar surface area (TPSA) is 34.1 Å². The van der Waals surface area contributed by atoms with Crippen molar-refractivity contribution in [1.82, 2.24) is 10.3 Å². The first-order chi connectivity index (χ1) is 8.47. The van der Waals surface area contributed by atoms with E-state index >= 15 is 0 Å². The molecule has 1 heterocycles. The fourth-order valence-electron chi connectivity index (χ4n) is 1.68. The van der Waals surface area contributed by atoms with Crippen LogP contribution < -0.4 is 10.1 Å². The molecule has 0 spiro atoms. The van der Waals surface area contributed by atoms with Gasteiger partial charge in [0.15, 0.2) is 0 Å². The normalized spacial score (nSPS) is 11.6. The first-order valence-electron chi connectivity index (χ1n) is 6.82. The van der Waals surface area contributed by atoms with E-state index in [0.717, 1.165) is 31.1 Å². The Morgan fingerprint density at radius 3 is 2.50 bits per heavy atom. The summed E-state index contributed by atoms with van der Waals surface area (Å²) in [6.45, 7) is 13.3. The van der Waals surface area contributed by atoms with Gasteiger partial charge in [-0.3, -0.25) is 0 Å². The highest BCUT2D eigenvalue weighted by molar-refractivity contribution is 5.28. The average Bonchev–Trinajstić information content (AvgIpc) is 2.28. The van der Waals surface area contributed by atoms with Crippen LogP contribution in [0.1, 0.15) is 52.3 Å². The van der Waals surface area contributed by atoms with E-state index in [-0.39, 0.29) is 5.41 Å². The van der Waals surface area contributed by atoms with Gasteiger partial charge in [-0.1, -0.05) is 27.7 Å². The first kappa shape index (κ1) is 15.0. The van der Waals surface area contributed by atoms with Crippen LogP contribution in [0.15, 0.2) is 12.1 Å². The SMILES string of the molecule is CCCNCc1cc(OCC)nc(C(C)(C)C)c1. The zero-order chi connectivity index (χ0) is 13.6. The molecule has 0 aliphatic heterocycles. The van der Waals surface area contributed by atoms with Crippen molar-refractivity contribution in [3.63, 3.8) is 0 Å². The predicted molar refractivity (Wildman–Crippen MR) is 76.1 cm³/mol. The van der Waals surface area contributed by atoms with Crippen LogP contribution in [0.2, 0.25) is 0 Å². The molecule has 0 bridgehead atoms. The van der Waals surface area contributed by atoms with E-state index in [1.807, 2.05) is 13.0 Å². The molecule has 0 aliphatic rings. The van der Waals surface area contributed by atoms with E-state index in [1.54, 1.807) is 0 Å². The van der Waals surface area contributed by atoms with Gasteiger partial charge in [0.2, 0.25) is 5.88 Å². The quantitative estimate of drug-likeness (QED) is 0.787. The van der Waals surface area contributed by atoms with E-state index in [1.165, 1.54) is 5.56 Å². The Labute approximate surface area is 111 Å². The number of nitrogens with one attached hydrogen (secondary N) is 1. The van der Waals surface area contributed by atoms with Gasteiger partial charge in [0.25, 0.3) is 0 Å². The standard InChI is InChI=1S/C15H26N2O/c1-6-8-16-11-12-9-13(15(3,4)5)17-14(10-12)18-7-2/h9-10,16H,6-8,11H2,1-5H3. The van der Waals surface area contributed by atoms with Crippen molar-refractivity contribution in [1.29, 1.82) is 0 Å². The summed E-state index contributed by atoms with van der Waals surface area (Å²) < 4.78 is 5.55. The van der Waals surface area contributed by atoms with Crippen molar-refractivity contribution in [2.24, 2.45) is 0 Å². The lowest BCUT2D eigenvalue weighted by atomic mass is 9.91. The first-order valence-corrected chi connectivity index (χ1v) is 6.82. The molecule has 0 aromatic carbocycles. The molecule has 0 amide bonds. The van der Waals surface area contributed by atoms with E-state index < -0.39 is 0 Å². The molecule has 0 unspecified atom stereocenters. The maximum atomic E-state index is 5.55. The molecule has 0 saturated carbocycles. The number of nitrogens with zero attached hydrogens (tertiary/aromatic N) is 1. The third-order valence-electron chi connectivity index (χ3n) is 2.68. The second kappa shape index (κ2) is 6.74. The molecule has 1 rings (SSSR count). The average molecular weight is 250 g/mol. The van der Waals surface area contributed by atoms with Gasteiger partial charge in [-0.25, -0.2) is 4.98 Å². The lowest BCUT2D eigenvalue weighted by Crippen LogP contribution is -2.18. The second-order valence-electron chi connectivity index (χ2n) is 5.56. The summed E-state index contributed by atoms with van der Waals surface area (Å²) in [5.74, 6) is 0.734. The summed E-state index contributed by atoms with van der Waals surface area (Å²) in [7, 11) is 0. The van der Waals surface area contributed by atoms with Gasteiger partial charge in [-0.15, -0.1) is 0 Å². The summed E-state index contributed by atoms with van der Waals surface area (Å²) >= 11 is 0. The Morgan fingerprint density at radius 2 is 1.94 bits per heavy atom. The summed E-state index contributed by atoms with van der Waals surface area (Å²) in [5, 5.41) is 3.42. The zero-order valence-corrected chi connectivity index (χ0v) is 12.3. The summed E-state index contributed by atoms with van der Waals surface area (Å²) in [5.41, 5.74) is 2.38. The second-order valence-corrected chi connectivity index (χ2v) is 5.56. The molecule has 3 heteroatoms. The molecule has 18 heavy (non-hydrogen) atoms. The molecule has 0 radical (unpaired) electrons. The van der Waals surface area contributed by atoms with Crippen LogP contribution in [0.25, 0.3) is 0 Å². The molecule has 1 N–H and O–H groups in total. The number of rotatable bonds is 6. The predicted octanol–water partition coefficient (Wildman–Crippen LogP) is 3.28. The Kier molecular flexibility index (Phi) is 5.60. The van der Waals surface area contributed by atoms with E-state index in [9.17, 15) is 0 Å². The van der Waals surface area contributed by atoms with Gasteiger partial charge in [0.05, 0.1) is 12.3 Å².